The van der Waals surface area contributed by atoms with Crippen molar-refractivity contribution in [1.82, 2.24) is 24.0 Å². The van der Waals surface area contributed by atoms with Crippen LogP contribution in [-0.2, 0) is 20.1 Å². The van der Waals surface area contributed by atoms with Crippen LogP contribution in [0.4, 0.5) is 0 Å². The van der Waals surface area contributed by atoms with Crippen molar-refractivity contribution in [1.29, 1.82) is 0 Å². The van der Waals surface area contributed by atoms with Crippen LogP contribution in [0.5, 0.6) is 0 Å². The van der Waals surface area contributed by atoms with E-state index in [0.717, 1.165) is 56.6 Å². The van der Waals surface area contributed by atoms with E-state index in [1.165, 1.54) is 4.57 Å². The molecule has 1 saturated heterocycles. The number of aromatic nitrogens is 4. The SMILES string of the molecule is Cn1cncc(CN2CCC(Cn3cnc(C4CC4)cc3=O)CC2)c1=O. The van der Waals surface area contributed by atoms with Crippen LogP contribution in [0.2, 0.25) is 0 Å². The molecule has 1 saturated carbocycles. The smallest absolute Gasteiger partial charge is 0.257 e. The Hall–Kier alpha value is -2.28. The molecule has 0 radical (unpaired) electrons. The molecular weight excluding hydrogens is 330 g/mol. The summed E-state index contributed by atoms with van der Waals surface area (Å²) < 4.78 is 3.27. The third-order valence-electron chi connectivity index (χ3n) is 5.52. The Balaban J connectivity index is 1.33. The fourth-order valence-corrected chi connectivity index (χ4v) is 3.69. The lowest BCUT2D eigenvalue weighted by Crippen LogP contribution is -2.37. The van der Waals surface area contributed by atoms with E-state index < -0.39 is 0 Å². The highest BCUT2D eigenvalue weighted by atomic mass is 16.1. The molecule has 0 spiro atoms. The van der Waals surface area contributed by atoms with Crippen LogP contribution < -0.4 is 11.1 Å². The van der Waals surface area contributed by atoms with Crippen LogP contribution in [0.1, 0.15) is 42.9 Å². The zero-order valence-electron chi connectivity index (χ0n) is 15.2. The van der Waals surface area contributed by atoms with Crippen LogP contribution in [0.15, 0.2) is 34.5 Å². The molecule has 3 heterocycles. The first-order chi connectivity index (χ1) is 12.6. The first kappa shape index (κ1) is 17.1. The molecule has 2 aromatic rings. The van der Waals surface area contributed by atoms with E-state index in [-0.39, 0.29) is 11.1 Å². The van der Waals surface area contributed by atoms with Crippen LogP contribution in [0, 0.1) is 5.92 Å². The van der Waals surface area contributed by atoms with Crippen LogP contribution >= 0.6 is 0 Å². The van der Waals surface area contributed by atoms with Gasteiger partial charge in [0.15, 0.2) is 0 Å². The molecule has 26 heavy (non-hydrogen) atoms. The molecule has 2 fully saturated rings. The van der Waals surface area contributed by atoms with E-state index in [1.807, 2.05) is 0 Å². The van der Waals surface area contributed by atoms with Crippen molar-refractivity contribution < 1.29 is 0 Å². The van der Waals surface area contributed by atoms with Gasteiger partial charge in [0.1, 0.15) is 0 Å². The minimum absolute atomic E-state index is 0.0236. The van der Waals surface area contributed by atoms with Gasteiger partial charge in [-0.05, 0) is 44.7 Å². The number of piperidine rings is 1. The molecule has 0 aromatic carbocycles. The summed E-state index contributed by atoms with van der Waals surface area (Å²) in [6.07, 6.45) is 9.31. The standard InChI is InChI=1S/C19H25N5O2/c1-22-12-20-9-16(19(22)26)11-23-6-4-14(5-7-23)10-24-13-21-17(8-18(24)25)15-2-3-15/h8-9,12-15H,2-7,10-11H2,1H3. The molecule has 1 aliphatic carbocycles. The van der Waals surface area contributed by atoms with E-state index in [4.69, 9.17) is 0 Å². The molecule has 7 heteroatoms. The fourth-order valence-electron chi connectivity index (χ4n) is 3.69. The van der Waals surface area contributed by atoms with Crippen LogP contribution in [-0.4, -0.2) is 37.1 Å². The molecule has 0 unspecified atom stereocenters. The molecule has 0 N–H and O–H groups in total. The molecule has 0 atom stereocenters. The average Bonchev–Trinajstić information content (AvgIpc) is 3.47. The molecular formula is C19H25N5O2. The van der Waals surface area contributed by atoms with Gasteiger partial charge in [-0.3, -0.25) is 19.1 Å². The Morgan fingerprint density at radius 3 is 2.58 bits per heavy atom. The van der Waals surface area contributed by atoms with Crippen molar-refractivity contribution >= 4 is 0 Å². The maximum absolute atomic E-state index is 12.3. The molecule has 7 nitrogen and oxygen atoms in total. The Morgan fingerprint density at radius 2 is 1.88 bits per heavy atom. The summed E-state index contributed by atoms with van der Waals surface area (Å²) in [5, 5.41) is 0. The zero-order chi connectivity index (χ0) is 18.1. The quantitative estimate of drug-likeness (QED) is 0.804. The normalized spacial score (nSPS) is 19.0. The minimum Gasteiger partial charge on any atom is -0.302 e. The Kier molecular flexibility index (Phi) is 4.72. The van der Waals surface area contributed by atoms with Crippen molar-refractivity contribution in [3.8, 4) is 0 Å². The van der Waals surface area contributed by atoms with Gasteiger partial charge < -0.3 is 4.57 Å². The van der Waals surface area contributed by atoms with E-state index in [1.54, 1.807) is 36.5 Å². The molecule has 1 aliphatic heterocycles. The number of aryl methyl sites for hydroxylation is 1. The Labute approximate surface area is 152 Å². The summed E-state index contributed by atoms with van der Waals surface area (Å²) in [4.78, 5) is 35.3. The second-order valence-corrected chi connectivity index (χ2v) is 7.63. The number of hydrogen-bond acceptors (Lipinski definition) is 5. The number of rotatable bonds is 5. The lowest BCUT2D eigenvalue weighted by Gasteiger charge is -2.31. The predicted octanol–water partition coefficient (Wildman–Crippen LogP) is 1.13. The average molecular weight is 355 g/mol. The van der Waals surface area contributed by atoms with E-state index in [2.05, 4.69) is 14.9 Å². The number of nitrogens with zero attached hydrogens (tertiary/aromatic N) is 5. The molecule has 2 aromatic heterocycles. The van der Waals surface area contributed by atoms with Gasteiger partial charge in [-0.15, -0.1) is 0 Å². The minimum atomic E-state index is 0.0236. The summed E-state index contributed by atoms with van der Waals surface area (Å²) in [5.41, 5.74) is 1.79. The molecule has 0 bridgehead atoms. The van der Waals surface area contributed by atoms with Crippen molar-refractivity contribution in [3.05, 3.63) is 56.9 Å². The predicted molar refractivity (Wildman–Crippen MR) is 98.0 cm³/mol. The van der Waals surface area contributed by atoms with Crippen molar-refractivity contribution in [2.24, 2.45) is 13.0 Å². The maximum Gasteiger partial charge on any atom is 0.257 e. The zero-order valence-corrected chi connectivity index (χ0v) is 15.2. The topological polar surface area (TPSA) is 73.0 Å². The van der Waals surface area contributed by atoms with Gasteiger partial charge >= 0.3 is 0 Å². The van der Waals surface area contributed by atoms with Gasteiger partial charge in [0.2, 0.25) is 0 Å². The summed E-state index contributed by atoms with van der Waals surface area (Å²) in [6, 6.07) is 1.71. The Bertz CT molecular complexity index is 891. The molecule has 138 valence electrons. The van der Waals surface area contributed by atoms with Gasteiger partial charge in [0.05, 0.1) is 18.3 Å². The van der Waals surface area contributed by atoms with Crippen molar-refractivity contribution in [3.63, 3.8) is 0 Å². The Morgan fingerprint density at radius 1 is 1.12 bits per heavy atom. The van der Waals surface area contributed by atoms with Gasteiger partial charge in [-0.25, -0.2) is 9.97 Å². The van der Waals surface area contributed by atoms with Crippen LogP contribution in [0.3, 0.4) is 0 Å². The first-order valence-electron chi connectivity index (χ1n) is 9.38. The van der Waals surface area contributed by atoms with Crippen molar-refractivity contribution in [2.45, 2.75) is 44.7 Å². The summed E-state index contributed by atoms with van der Waals surface area (Å²) in [5.74, 6) is 0.995. The highest BCUT2D eigenvalue weighted by Crippen LogP contribution is 2.38. The van der Waals surface area contributed by atoms with Crippen LogP contribution in [0.25, 0.3) is 0 Å². The summed E-state index contributed by atoms with van der Waals surface area (Å²) in [7, 11) is 1.73. The lowest BCUT2D eigenvalue weighted by atomic mass is 9.96. The monoisotopic (exact) mass is 355 g/mol. The molecule has 0 amide bonds. The fraction of sp³-hybridized carbons (Fsp3) is 0.579. The highest BCUT2D eigenvalue weighted by molar-refractivity contribution is 5.12. The first-order valence-corrected chi connectivity index (χ1v) is 9.38. The second kappa shape index (κ2) is 7.15. The summed E-state index contributed by atoms with van der Waals surface area (Å²) >= 11 is 0. The van der Waals surface area contributed by atoms with E-state index in [9.17, 15) is 9.59 Å². The van der Waals surface area contributed by atoms with E-state index >= 15 is 0 Å². The third kappa shape index (κ3) is 3.77. The van der Waals surface area contributed by atoms with Crippen molar-refractivity contribution in [2.75, 3.05) is 13.1 Å². The second-order valence-electron chi connectivity index (χ2n) is 7.63. The molecule has 4 rings (SSSR count). The lowest BCUT2D eigenvalue weighted by molar-refractivity contribution is 0.165. The third-order valence-corrected chi connectivity index (χ3v) is 5.52. The summed E-state index contributed by atoms with van der Waals surface area (Å²) in [6.45, 7) is 3.25. The highest BCUT2D eigenvalue weighted by Gasteiger charge is 2.26. The van der Waals surface area contributed by atoms with Gasteiger partial charge in [0, 0.05) is 43.9 Å². The van der Waals surface area contributed by atoms with Gasteiger partial charge in [0.25, 0.3) is 11.1 Å². The number of likely N-dealkylation sites (tertiary alicyclic amines) is 1. The van der Waals surface area contributed by atoms with E-state index in [0.29, 0.717) is 18.4 Å². The maximum atomic E-state index is 12.3. The largest absolute Gasteiger partial charge is 0.302 e. The van der Waals surface area contributed by atoms with Gasteiger partial charge in [-0.2, -0.15) is 0 Å². The molecule has 2 aliphatic rings. The van der Waals surface area contributed by atoms with Gasteiger partial charge in [-0.1, -0.05) is 0 Å². The number of hydrogen-bond donors (Lipinski definition) is 0.